The van der Waals surface area contributed by atoms with Gasteiger partial charge in [-0.25, -0.2) is 14.4 Å². The average Bonchev–Trinajstić information content (AvgIpc) is 2.67. The van der Waals surface area contributed by atoms with E-state index in [1.807, 2.05) is 31.2 Å². The van der Waals surface area contributed by atoms with Crippen molar-refractivity contribution >= 4 is 17.3 Å². The van der Waals surface area contributed by atoms with Gasteiger partial charge in [0.05, 0.1) is 13.7 Å². The highest BCUT2D eigenvalue weighted by Gasteiger charge is 2.03. The van der Waals surface area contributed by atoms with Gasteiger partial charge in [-0.05, 0) is 55.5 Å². The summed E-state index contributed by atoms with van der Waals surface area (Å²) >= 11 is 0. The molecule has 0 aliphatic carbocycles. The van der Waals surface area contributed by atoms with Gasteiger partial charge in [0.15, 0.2) is 0 Å². The quantitative estimate of drug-likeness (QED) is 0.582. The van der Waals surface area contributed by atoms with Crippen molar-refractivity contribution in [2.24, 2.45) is 0 Å². The lowest BCUT2D eigenvalue weighted by molar-refractivity contribution is 0.331. The Labute approximate surface area is 157 Å². The minimum Gasteiger partial charge on any atom is -0.497 e. The van der Waals surface area contributed by atoms with Crippen molar-refractivity contribution in [2.45, 2.75) is 6.92 Å². The zero-order valence-corrected chi connectivity index (χ0v) is 15.2. The SMILES string of the molecule is COc1ccc(OCCNc2cc(Nc3ccc(F)cc3)nc(C)n2)cc1. The summed E-state index contributed by atoms with van der Waals surface area (Å²) in [7, 11) is 1.63. The van der Waals surface area contributed by atoms with Crippen LogP contribution in [0.2, 0.25) is 0 Å². The number of nitrogens with one attached hydrogen (secondary N) is 2. The molecular formula is C20H21FN4O2. The summed E-state index contributed by atoms with van der Waals surface area (Å²) in [6.07, 6.45) is 0. The normalized spacial score (nSPS) is 10.3. The predicted octanol–water partition coefficient (Wildman–Crippen LogP) is 4.17. The van der Waals surface area contributed by atoms with Crippen molar-refractivity contribution in [3.05, 3.63) is 66.2 Å². The Morgan fingerprint density at radius 2 is 1.59 bits per heavy atom. The summed E-state index contributed by atoms with van der Waals surface area (Å²) in [6, 6.07) is 15.3. The molecular weight excluding hydrogens is 347 g/mol. The second-order valence-corrected chi connectivity index (χ2v) is 5.77. The van der Waals surface area contributed by atoms with Gasteiger partial charge in [-0.15, -0.1) is 0 Å². The molecule has 0 aliphatic heterocycles. The molecule has 0 bridgehead atoms. The number of benzene rings is 2. The second kappa shape index (κ2) is 8.84. The molecule has 1 aromatic heterocycles. The molecule has 1 heterocycles. The molecule has 7 heteroatoms. The number of aryl methyl sites for hydroxylation is 1. The zero-order valence-electron chi connectivity index (χ0n) is 15.2. The Balaban J connectivity index is 1.53. The zero-order chi connectivity index (χ0) is 19.1. The molecule has 0 saturated carbocycles. The number of nitrogens with zero attached hydrogens (tertiary/aromatic N) is 2. The van der Waals surface area contributed by atoms with Gasteiger partial charge in [0.1, 0.15) is 41.4 Å². The Morgan fingerprint density at radius 3 is 2.30 bits per heavy atom. The summed E-state index contributed by atoms with van der Waals surface area (Å²) in [6.45, 7) is 2.88. The van der Waals surface area contributed by atoms with Gasteiger partial charge in [-0.3, -0.25) is 0 Å². The third kappa shape index (κ3) is 5.57. The molecule has 27 heavy (non-hydrogen) atoms. The predicted molar refractivity (Wildman–Crippen MR) is 103 cm³/mol. The lowest BCUT2D eigenvalue weighted by Gasteiger charge is -2.11. The summed E-state index contributed by atoms with van der Waals surface area (Å²) < 4.78 is 23.8. The molecule has 0 spiro atoms. The maximum absolute atomic E-state index is 13.0. The van der Waals surface area contributed by atoms with E-state index in [9.17, 15) is 4.39 Å². The standard InChI is InChI=1S/C20H21FN4O2/c1-14-23-19(13-20(24-14)25-16-5-3-15(21)4-6-16)22-11-12-27-18-9-7-17(26-2)8-10-18/h3-10,13H,11-12H2,1-2H3,(H2,22,23,24,25). The van der Waals surface area contributed by atoms with Gasteiger partial charge < -0.3 is 20.1 Å². The van der Waals surface area contributed by atoms with Gasteiger partial charge in [0, 0.05) is 11.8 Å². The fraction of sp³-hybridized carbons (Fsp3) is 0.200. The Hall–Kier alpha value is -3.35. The van der Waals surface area contributed by atoms with Crippen LogP contribution < -0.4 is 20.1 Å². The van der Waals surface area contributed by atoms with E-state index in [1.165, 1.54) is 12.1 Å². The molecule has 0 amide bonds. The lowest BCUT2D eigenvalue weighted by Crippen LogP contribution is -2.13. The van der Waals surface area contributed by atoms with E-state index in [4.69, 9.17) is 9.47 Å². The molecule has 0 aliphatic rings. The highest BCUT2D eigenvalue weighted by Crippen LogP contribution is 2.18. The first kappa shape index (κ1) is 18.4. The van der Waals surface area contributed by atoms with Crippen LogP contribution in [0.1, 0.15) is 5.82 Å². The fourth-order valence-electron chi connectivity index (χ4n) is 2.42. The van der Waals surface area contributed by atoms with Crippen LogP contribution >= 0.6 is 0 Å². The number of hydrogen-bond acceptors (Lipinski definition) is 6. The number of anilines is 3. The number of aromatic nitrogens is 2. The molecule has 0 radical (unpaired) electrons. The van der Waals surface area contributed by atoms with Crippen LogP contribution in [0.4, 0.5) is 21.7 Å². The number of halogens is 1. The summed E-state index contributed by atoms with van der Waals surface area (Å²) in [5.41, 5.74) is 0.753. The van der Waals surface area contributed by atoms with Crippen molar-refractivity contribution in [3.8, 4) is 11.5 Å². The van der Waals surface area contributed by atoms with Crippen LogP contribution in [0.3, 0.4) is 0 Å². The molecule has 0 unspecified atom stereocenters. The lowest BCUT2D eigenvalue weighted by atomic mass is 10.3. The first-order valence-corrected chi connectivity index (χ1v) is 8.51. The maximum Gasteiger partial charge on any atom is 0.136 e. The average molecular weight is 368 g/mol. The van der Waals surface area contributed by atoms with Crippen LogP contribution in [0.25, 0.3) is 0 Å². The molecule has 3 rings (SSSR count). The number of methoxy groups -OCH3 is 1. The van der Waals surface area contributed by atoms with Gasteiger partial charge in [0.25, 0.3) is 0 Å². The molecule has 2 aromatic carbocycles. The fourth-order valence-corrected chi connectivity index (χ4v) is 2.42. The van der Waals surface area contributed by atoms with Crippen molar-refractivity contribution in [1.29, 1.82) is 0 Å². The Bertz CT molecular complexity index is 870. The van der Waals surface area contributed by atoms with Crippen LogP contribution in [0.5, 0.6) is 11.5 Å². The topological polar surface area (TPSA) is 68.3 Å². The van der Waals surface area contributed by atoms with E-state index in [-0.39, 0.29) is 5.82 Å². The summed E-state index contributed by atoms with van der Waals surface area (Å²) in [4.78, 5) is 8.71. The first-order valence-electron chi connectivity index (χ1n) is 8.51. The molecule has 2 N–H and O–H groups in total. The van der Waals surface area contributed by atoms with Gasteiger partial charge in [-0.1, -0.05) is 0 Å². The van der Waals surface area contributed by atoms with Crippen LogP contribution in [0, 0.1) is 12.7 Å². The maximum atomic E-state index is 13.0. The van der Waals surface area contributed by atoms with Crippen molar-refractivity contribution < 1.29 is 13.9 Å². The Kier molecular flexibility index (Phi) is 6.04. The van der Waals surface area contributed by atoms with Crippen LogP contribution in [-0.4, -0.2) is 30.2 Å². The van der Waals surface area contributed by atoms with E-state index < -0.39 is 0 Å². The summed E-state index contributed by atoms with van der Waals surface area (Å²) in [5.74, 6) is 3.23. The third-order valence-corrected chi connectivity index (χ3v) is 3.69. The van der Waals surface area contributed by atoms with E-state index in [1.54, 1.807) is 25.3 Å². The Morgan fingerprint density at radius 1 is 0.926 bits per heavy atom. The smallest absolute Gasteiger partial charge is 0.136 e. The van der Waals surface area contributed by atoms with E-state index >= 15 is 0 Å². The van der Waals surface area contributed by atoms with Gasteiger partial charge >= 0.3 is 0 Å². The highest BCUT2D eigenvalue weighted by atomic mass is 19.1. The van der Waals surface area contributed by atoms with Gasteiger partial charge in [-0.2, -0.15) is 0 Å². The van der Waals surface area contributed by atoms with Crippen LogP contribution in [0.15, 0.2) is 54.6 Å². The molecule has 0 fully saturated rings. The monoisotopic (exact) mass is 368 g/mol. The minimum atomic E-state index is -0.279. The number of hydrogen-bond donors (Lipinski definition) is 2. The molecule has 140 valence electrons. The highest BCUT2D eigenvalue weighted by molar-refractivity contribution is 5.59. The van der Waals surface area contributed by atoms with Crippen LogP contribution in [-0.2, 0) is 0 Å². The summed E-state index contributed by atoms with van der Waals surface area (Å²) in [5, 5.41) is 6.35. The number of rotatable bonds is 8. The van der Waals surface area contributed by atoms with E-state index in [0.717, 1.165) is 17.2 Å². The molecule has 6 nitrogen and oxygen atoms in total. The largest absolute Gasteiger partial charge is 0.497 e. The third-order valence-electron chi connectivity index (χ3n) is 3.69. The minimum absolute atomic E-state index is 0.279. The van der Waals surface area contributed by atoms with Crippen molar-refractivity contribution in [1.82, 2.24) is 9.97 Å². The molecule has 3 aromatic rings. The first-order chi connectivity index (χ1) is 13.1. The van der Waals surface area contributed by atoms with Crippen molar-refractivity contribution in [3.63, 3.8) is 0 Å². The molecule has 0 saturated heterocycles. The molecule has 0 atom stereocenters. The second-order valence-electron chi connectivity index (χ2n) is 5.77. The number of ether oxygens (including phenoxy) is 2. The van der Waals surface area contributed by atoms with Gasteiger partial charge in [0.2, 0.25) is 0 Å². The van der Waals surface area contributed by atoms with E-state index in [2.05, 4.69) is 20.6 Å². The van der Waals surface area contributed by atoms with E-state index in [0.29, 0.717) is 30.6 Å². The van der Waals surface area contributed by atoms with Crippen molar-refractivity contribution in [2.75, 3.05) is 30.9 Å².